The van der Waals surface area contributed by atoms with Gasteiger partial charge in [0.15, 0.2) is 0 Å². The molecule has 0 amide bonds. The highest BCUT2D eigenvalue weighted by Crippen LogP contribution is 2.32. The van der Waals surface area contributed by atoms with Crippen LogP contribution in [0.2, 0.25) is 5.02 Å². The number of aliphatic hydroxyl groups excluding tert-OH is 1. The van der Waals surface area contributed by atoms with Crippen molar-refractivity contribution in [1.82, 2.24) is 0 Å². The Bertz CT molecular complexity index is 608. The minimum atomic E-state index is -0.741. The SMILES string of the molecule is CCOc1ccc(C)cc1C(O)c1ccc(C)c(Cl)c1. The van der Waals surface area contributed by atoms with Crippen molar-refractivity contribution in [2.24, 2.45) is 0 Å². The molecule has 0 fully saturated rings. The molecule has 2 aromatic rings. The molecule has 0 aromatic heterocycles. The first kappa shape index (κ1) is 14.9. The molecule has 1 unspecified atom stereocenters. The molecule has 2 rings (SSSR count). The minimum absolute atomic E-state index is 0.567. The zero-order valence-electron chi connectivity index (χ0n) is 12.0. The Morgan fingerprint density at radius 1 is 1.15 bits per heavy atom. The molecule has 2 aromatic carbocycles. The van der Waals surface area contributed by atoms with Crippen LogP contribution in [0.5, 0.6) is 5.75 Å². The summed E-state index contributed by atoms with van der Waals surface area (Å²) in [5.41, 5.74) is 3.62. The van der Waals surface area contributed by atoms with E-state index in [-0.39, 0.29) is 0 Å². The van der Waals surface area contributed by atoms with Gasteiger partial charge in [-0.15, -0.1) is 0 Å². The molecule has 106 valence electrons. The van der Waals surface area contributed by atoms with Crippen LogP contribution in [-0.2, 0) is 0 Å². The van der Waals surface area contributed by atoms with Crippen molar-refractivity contribution in [2.75, 3.05) is 6.61 Å². The fourth-order valence-electron chi connectivity index (χ4n) is 2.13. The van der Waals surface area contributed by atoms with Crippen LogP contribution in [-0.4, -0.2) is 11.7 Å². The summed E-state index contributed by atoms with van der Waals surface area (Å²) in [6, 6.07) is 11.4. The molecule has 0 heterocycles. The second-order valence-electron chi connectivity index (χ2n) is 4.89. The lowest BCUT2D eigenvalue weighted by Gasteiger charge is -2.17. The Morgan fingerprint density at radius 3 is 2.55 bits per heavy atom. The maximum Gasteiger partial charge on any atom is 0.125 e. The molecule has 0 aliphatic rings. The summed E-state index contributed by atoms with van der Waals surface area (Å²) >= 11 is 6.14. The monoisotopic (exact) mass is 290 g/mol. The lowest BCUT2D eigenvalue weighted by Crippen LogP contribution is -2.04. The number of ether oxygens (including phenoxy) is 1. The van der Waals surface area contributed by atoms with Gasteiger partial charge < -0.3 is 9.84 Å². The normalized spacial score (nSPS) is 12.2. The first-order valence-corrected chi connectivity index (χ1v) is 7.08. The smallest absolute Gasteiger partial charge is 0.125 e. The number of rotatable bonds is 4. The molecule has 0 saturated heterocycles. The lowest BCUT2D eigenvalue weighted by atomic mass is 9.98. The van der Waals surface area contributed by atoms with Gasteiger partial charge in [-0.1, -0.05) is 35.4 Å². The van der Waals surface area contributed by atoms with Crippen molar-refractivity contribution in [3.05, 3.63) is 63.7 Å². The predicted octanol–water partition coefficient (Wildman–Crippen LogP) is 4.44. The van der Waals surface area contributed by atoms with Gasteiger partial charge in [0.1, 0.15) is 11.9 Å². The Hall–Kier alpha value is -1.51. The van der Waals surface area contributed by atoms with Crippen molar-refractivity contribution in [2.45, 2.75) is 26.9 Å². The van der Waals surface area contributed by atoms with Crippen LogP contribution in [0.4, 0.5) is 0 Å². The van der Waals surface area contributed by atoms with E-state index in [2.05, 4.69) is 0 Å². The first-order valence-electron chi connectivity index (χ1n) is 6.70. The van der Waals surface area contributed by atoms with Gasteiger partial charge in [0.05, 0.1) is 6.61 Å². The van der Waals surface area contributed by atoms with Gasteiger partial charge in [0, 0.05) is 10.6 Å². The standard InChI is InChI=1S/C17H19ClO2/c1-4-20-16-8-5-11(2)9-14(16)17(19)13-7-6-12(3)15(18)10-13/h5-10,17,19H,4H2,1-3H3. The van der Waals surface area contributed by atoms with Crippen molar-refractivity contribution in [3.63, 3.8) is 0 Å². The summed E-state index contributed by atoms with van der Waals surface area (Å²) < 4.78 is 5.60. The maximum absolute atomic E-state index is 10.6. The third-order valence-corrected chi connectivity index (χ3v) is 3.68. The van der Waals surface area contributed by atoms with E-state index in [1.54, 1.807) is 6.07 Å². The molecular formula is C17H19ClO2. The molecule has 3 heteroatoms. The van der Waals surface area contributed by atoms with Gasteiger partial charge in [-0.05, 0) is 50.1 Å². The number of benzene rings is 2. The van der Waals surface area contributed by atoms with Crippen molar-refractivity contribution in [1.29, 1.82) is 0 Å². The average molecular weight is 291 g/mol. The molecule has 2 nitrogen and oxygen atoms in total. The van der Waals surface area contributed by atoms with E-state index >= 15 is 0 Å². The molecule has 0 aliphatic carbocycles. The number of halogens is 1. The molecule has 0 spiro atoms. The predicted molar refractivity (Wildman–Crippen MR) is 82.6 cm³/mol. The van der Waals surface area contributed by atoms with Crippen LogP contribution >= 0.6 is 11.6 Å². The van der Waals surface area contributed by atoms with Crippen LogP contribution in [0.1, 0.15) is 35.3 Å². The third kappa shape index (κ3) is 3.14. The van der Waals surface area contributed by atoms with Gasteiger partial charge in [-0.25, -0.2) is 0 Å². The van der Waals surface area contributed by atoms with Crippen LogP contribution < -0.4 is 4.74 Å². The second-order valence-corrected chi connectivity index (χ2v) is 5.29. The molecular weight excluding hydrogens is 272 g/mol. The molecule has 1 N–H and O–H groups in total. The maximum atomic E-state index is 10.6. The van der Waals surface area contributed by atoms with Gasteiger partial charge in [-0.2, -0.15) is 0 Å². The zero-order valence-corrected chi connectivity index (χ0v) is 12.7. The third-order valence-electron chi connectivity index (χ3n) is 3.27. The van der Waals surface area contributed by atoms with E-state index in [4.69, 9.17) is 16.3 Å². The van der Waals surface area contributed by atoms with Crippen molar-refractivity contribution < 1.29 is 9.84 Å². The highest BCUT2D eigenvalue weighted by atomic mass is 35.5. The molecule has 0 aliphatic heterocycles. The summed E-state index contributed by atoms with van der Waals surface area (Å²) in [6.45, 7) is 6.43. The van der Waals surface area contributed by atoms with Gasteiger partial charge >= 0.3 is 0 Å². The largest absolute Gasteiger partial charge is 0.493 e. The van der Waals surface area contributed by atoms with Crippen LogP contribution in [0.15, 0.2) is 36.4 Å². The Morgan fingerprint density at radius 2 is 1.90 bits per heavy atom. The van der Waals surface area contributed by atoms with Crippen LogP contribution in [0.25, 0.3) is 0 Å². The second kappa shape index (κ2) is 6.29. The topological polar surface area (TPSA) is 29.5 Å². The van der Waals surface area contributed by atoms with Crippen molar-refractivity contribution in [3.8, 4) is 5.75 Å². The van der Waals surface area contributed by atoms with Crippen LogP contribution in [0.3, 0.4) is 0 Å². The summed E-state index contributed by atoms with van der Waals surface area (Å²) in [6.07, 6.45) is -0.741. The average Bonchev–Trinajstić information content (AvgIpc) is 2.43. The zero-order chi connectivity index (χ0) is 14.7. The number of aliphatic hydroxyl groups is 1. The first-order chi connectivity index (χ1) is 9.52. The Labute approximate surface area is 125 Å². The minimum Gasteiger partial charge on any atom is -0.493 e. The van der Waals surface area contributed by atoms with Gasteiger partial charge in [0.2, 0.25) is 0 Å². The van der Waals surface area contributed by atoms with E-state index in [0.717, 1.165) is 22.3 Å². The van der Waals surface area contributed by atoms with E-state index in [0.29, 0.717) is 17.4 Å². The summed E-state index contributed by atoms with van der Waals surface area (Å²) in [5.74, 6) is 0.710. The van der Waals surface area contributed by atoms with Crippen molar-refractivity contribution >= 4 is 11.6 Å². The highest BCUT2D eigenvalue weighted by Gasteiger charge is 2.16. The van der Waals surface area contributed by atoms with E-state index in [1.807, 2.05) is 51.1 Å². The molecule has 0 radical (unpaired) electrons. The molecule has 0 bridgehead atoms. The summed E-state index contributed by atoms with van der Waals surface area (Å²) in [4.78, 5) is 0. The quantitative estimate of drug-likeness (QED) is 0.902. The number of hydrogen-bond donors (Lipinski definition) is 1. The molecule has 1 atom stereocenters. The highest BCUT2D eigenvalue weighted by molar-refractivity contribution is 6.31. The molecule has 0 saturated carbocycles. The molecule has 20 heavy (non-hydrogen) atoms. The fourth-order valence-corrected chi connectivity index (χ4v) is 2.32. The fraction of sp³-hybridized carbons (Fsp3) is 0.294. The van der Waals surface area contributed by atoms with Gasteiger partial charge in [0.25, 0.3) is 0 Å². The van der Waals surface area contributed by atoms with E-state index in [9.17, 15) is 5.11 Å². The summed E-state index contributed by atoms with van der Waals surface area (Å²) in [7, 11) is 0. The number of hydrogen-bond acceptors (Lipinski definition) is 2. The van der Waals surface area contributed by atoms with Crippen LogP contribution in [0, 0.1) is 13.8 Å². The Kier molecular flexibility index (Phi) is 4.69. The Balaban J connectivity index is 2.43. The number of aryl methyl sites for hydroxylation is 2. The summed E-state index contributed by atoms with van der Waals surface area (Å²) in [5, 5.41) is 11.3. The van der Waals surface area contributed by atoms with Gasteiger partial charge in [-0.3, -0.25) is 0 Å². The van der Waals surface area contributed by atoms with E-state index in [1.165, 1.54) is 0 Å². The lowest BCUT2D eigenvalue weighted by molar-refractivity contribution is 0.212. The van der Waals surface area contributed by atoms with E-state index < -0.39 is 6.10 Å².